The Hall–Kier alpha value is -2.31. The maximum atomic E-state index is 13.3. The molecule has 5 nitrogen and oxygen atoms in total. The molecule has 0 spiro atoms. The summed E-state index contributed by atoms with van der Waals surface area (Å²) in [6.45, 7) is 4.35. The molecule has 26 heavy (non-hydrogen) atoms. The first-order chi connectivity index (χ1) is 12.6. The maximum absolute atomic E-state index is 13.3. The van der Waals surface area contributed by atoms with Gasteiger partial charge in [-0.15, -0.1) is 11.6 Å². The molecule has 0 atom stereocenters. The number of nitrogens with two attached hydrogens (primary N) is 1. The van der Waals surface area contributed by atoms with E-state index in [4.69, 9.17) is 33.7 Å². The van der Waals surface area contributed by atoms with Gasteiger partial charge in [0.1, 0.15) is 30.3 Å². The number of ether oxygens (including phenoxy) is 1. The first kappa shape index (κ1) is 20.0. The van der Waals surface area contributed by atoms with Gasteiger partial charge < -0.3 is 15.8 Å². The molecule has 0 fully saturated rings. The van der Waals surface area contributed by atoms with Crippen LogP contribution >= 0.6 is 23.2 Å². The normalized spacial score (nSPS) is 10.2. The average Bonchev–Trinajstić information content (AvgIpc) is 2.65. The van der Waals surface area contributed by atoms with Gasteiger partial charge in [0, 0.05) is 17.1 Å². The zero-order valence-electron chi connectivity index (χ0n) is 14.4. The van der Waals surface area contributed by atoms with Crippen molar-refractivity contribution in [2.75, 3.05) is 23.5 Å². The number of rotatable bonds is 5. The van der Waals surface area contributed by atoms with Gasteiger partial charge in [-0.3, -0.25) is 0 Å². The van der Waals surface area contributed by atoms with Crippen LogP contribution in [0.2, 0.25) is 5.02 Å². The van der Waals surface area contributed by atoms with E-state index in [0.717, 1.165) is 0 Å². The first-order valence-corrected chi connectivity index (χ1v) is 8.95. The number of fused-ring (bicyclic) bond motifs is 1. The third-order valence-electron chi connectivity index (χ3n) is 3.28. The molecule has 2 aromatic carbocycles. The summed E-state index contributed by atoms with van der Waals surface area (Å²) in [5.74, 6) is 0.912. The van der Waals surface area contributed by atoms with Crippen LogP contribution in [0.4, 0.5) is 21.6 Å². The van der Waals surface area contributed by atoms with Gasteiger partial charge in [-0.05, 0) is 24.3 Å². The molecule has 1 aromatic heterocycles. The molecule has 0 saturated heterocycles. The molecule has 138 valence electrons. The van der Waals surface area contributed by atoms with Crippen molar-refractivity contribution < 1.29 is 9.13 Å². The predicted octanol–water partition coefficient (Wildman–Crippen LogP) is 5.39. The summed E-state index contributed by atoms with van der Waals surface area (Å²) in [5.41, 5.74) is 7.71. The summed E-state index contributed by atoms with van der Waals surface area (Å²) in [5, 5.41) is 3.81. The van der Waals surface area contributed by atoms with Crippen LogP contribution in [0.5, 0.6) is 5.75 Å². The van der Waals surface area contributed by atoms with E-state index >= 15 is 0 Å². The SMILES string of the molecule is CC.Nc1cc2c(Nc3ccc(F)c(Cl)c3)ncnc2cc1OCCCl. The highest BCUT2D eigenvalue weighted by atomic mass is 35.5. The molecule has 0 amide bonds. The Kier molecular flexibility index (Phi) is 7.24. The quantitative estimate of drug-likeness (QED) is 0.446. The van der Waals surface area contributed by atoms with E-state index in [9.17, 15) is 4.39 Å². The van der Waals surface area contributed by atoms with E-state index in [1.165, 1.54) is 18.5 Å². The lowest BCUT2D eigenvalue weighted by Crippen LogP contribution is -2.02. The number of nitrogen functional groups attached to an aromatic ring is 1. The summed E-state index contributed by atoms with van der Waals surface area (Å²) in [7, 11) is 0. The lowest BCUT2D eigenvalue weighted by atomic mass is 10.2. The number of nitrogens with zero attached hydrogens (tertiary/aromatic N) is 2. The molecule has 0 radical (unpaired) electrons. The molecule has 1 heterocycles. The minimum absolute atomic E-state index is 0.0228. The summed E-state index contributed by atoms with van der Waals surface area (Å²) in [6.07, 6.45) is 1.41. The van der Waals surface area contributed by atoms with Gasteiger partial charge in [0.2, 0.25) is 0 Å². The molecule has 0 bridgehead atoms. The van der Waals surface area contributed by atoms with Gasteiger partial charge in [0.05, 0.1) is 22.1 Å². The van der Waals surface area contributed by atoms with Crippen LogP contribution in [0.25, 0.3) is 10.9 Å². The van der Waals surface area contributed by atoms with Crippen molar-refractivity contribution in [3.8, 4) is 5.75 Å². The van der Waals surface area contributed by atoms with Gasteiger partial charge in [0.25, 0.3) is 0 Å². The lowest BCUT2D eigenvalue weighted by Gasteiger charge is -2.12. The number of halogens is 3. The smallest absolute Gasteiger partial charge is 0.144 e. The van der Waals surface area contributed by atoms with Crippen LogP contribution in [0, 0.1) is 5.82 Å². The second kappa shape index (κ2) is 9.40. The van der Waals surface area contributed by atoms with E-state index in [2.05, 4.69) is 15.3 Å². The summed E-state index contributed by atoms with van der Waals surface area (Å²) in [6, 6.07) is 7.76. The third kappa shape index (κ3) is 4.65. The highest BCUT2D eigenvalue weighted by molar-refractivity contribution is 6.31. The number of aromatic nitrogens is 2. The Morgan fingerprint density at radius 1 is 1.19 bits per heavy atom. The summed E-state index contributed by atoms with van der Waals surface area (Å²) in [4.78, 5) is 8.43. The number of benzene rings is 2. The molecule has 8 heteroatoms. The maximum Gasteiger partial charge on any atom is 0.144 e. The highest BCUT2D eigenvalue weighted by Gasteiger charge is 2.10. The molecule has 0 unspecified atom stereocenters. The Morgan fingerprint density at radius 3 is 2.65 bits per heavy atom. The van der Waals surface area contributed by atoms with E-state index in [1.54, 1.807) is 18.2 Å². The lowest BCUT2D eigenvalue weighted by molar-refractivity contribution is 0.345. The van der Waals surface area contributed by atoms with Crippen LogP contribution in [0.15, 0.2) is 36.7 Å². The molecule has 0 saturated carbocycles. The van der Waals surface area contributed by atoms with Crippen LogP contribution < -0.4 is 15.8 Å². The number of alkyl halides is 1. The summed E-state index contributed by atoms with van der Waals surface area (Å²) < 4.78 is 18.7. The molecule has 3 N–H and O–H groups in total. The fourth-order valence-electron chi connectivity index (χ4n) is 2.18. The van der Waals surface area contributed by atoms with Crippen molar-refractivity contribution >= 4 is 51.3 Å². The van der Waals surface area contributed by atoms with E-state index in [1.807, 2.05) is 13.8 Å². The van der Waals surface area contributed by atoms with Gasteiger partial charge in [0.15, 0.2) is 0 Å². The molecular weight excluding hydrogens is 378 g/mol. The van der Waals surface area contributed by atoms with Crippen LogP contribution in [0.3, 0.4) is 0 Å². The highest BCUT2D eigenvalue weighted by Crippen LogP contribution is 2.32. The van der Waals surface area contributed by atoms with Gasteiger partial charge in [-0.1, -0.05) is 25.4 Å². The monoisotopic (exact) mass is 396 g/mol. The van der Waals surface area contributed by atoms with E-state index in [0.29, 0.717) is 46.3 Å². The van der Waals surface area contributed by atoms with Crippen LogP contribution in [-0.4, -0.2) is 22.5 Å². The average molecular weight is 397 g/mol. The fourth-order valence-corrected chi connectivity index (χ4v) is 2.44. The number of hydrogen-bond donors (Lipinski definition) is 2. The van der Waals surface area contributed by atoms with Crippen LogP contribution in [-0.2, 0) is 0 Å². The molecular formula is C18H19Cl2FN4O. The number of hydrogen-bond acceptors (Lipinski definition) is 5. The van der Waals surface area contributed by atoms with Crippen molar-refractivity contribution in [1.82, 2.24) is 9.97 Å². The first-order valence-electron chi connectivity index (χ1n) is 8.03. The molecule has 3 aromatic rings. The molecule has 0 aliphatic rings. The second-order valence-electron chi connectivity index (χ2n) is 4.92. The van der Waals surface area contributed by atoms with Crippen molar-refractivity contribution in [3.05, 3.63) is 47.5 Å². The van der Waals surface area contributed by atoms with Crippen LogP contribution in [0.1, 0.15) is 13.8 Å². The minimum atomic E-state index is -0.486. The van der Waals surface area contributed by atoms with Crippen molar-refractivity contribution in [3.63, 3.8) is 0 Å². The molecule has 0 aliphatic carbocycles. The van der Waals surface area contributed by atoms with Crippen molar-refractivity contribution in [1.29, 1.82) is 0 Å². The third-order valence-corrected chi connectivity index (χ3v) is 3.73. The van der Waals surface area contributed by atoms with Crippen molar-refractivity contribution in [2.24, 2.45) is 0 Å². The van der Waals surface area contributed by atoms with Gasteiger partial charge in [-0.25, -0.2) is 14.4 Å². The zero-order valence-corrected chi connectivity index (χ0v) is 15.9. The Morgan fingerprint density at radius 2 is 1.96 bits per heavy atom. The second-order valence-corrected chi connectivity index (χ2v) is 5.71. The number of nitrogens with one attached hydrogen (secondary N) is 1. The van der Waals surface area contributed by atoms with E-state index < -0.39 is 5.82 Å². The largest absolute Gasteiger partial charge is 0.490 e. The Balaban J connectivity index is 0.00000117. The topological polar surface area (TPSA) is 73.1 Å². The summed E-state index contributed by atoms with van der Waals surface area (Å²) >= 11 is 11.4. The van der Waals surface area contributed by atoms with Crippen molar-refractivity contribution in [2.45, 2.75) is 13.8 Å². The Bertz CT molecular complexity index is 892. The molecule has 3 rings (SSSR count). The van der Waals surface area contributed by atoms with Gasteiger partial charge in [-0.2, -0.15) is 0 Å². The Labute approximate surface area is 161 Å². The predicted molar refractivity (Wildman–Crippen MR) is 106 cm³/mol. The van der Waals surface area contributed by atoms with E-state index in [-0.39, 0.29) is 5.02 Å². The molecule has 0 aliphatic heterocycles. The minimum Gasteiger partial charge on any atom is -0.490 e. The fraction of sp³-hybridized carbons (Fsp3) is 0.222. The number of anilines is 3. The van der Waals surface area contributed by atoms with Gasteiger partial charge >= 0.3 is 0 Å². The zero-order chi connectivity index (χ0) is 19.1. The standard InChI is InChI=1S/C16H13Cl2FN4O.C2H6/c17-3-4-24-15-7-14-10(6-13(15)20)16(22-8-21-14)23-9-1-2-12(19)11(18)5-9;1-2/h1-2,5-8H,3-4,20H2,(H,21,22,23);1-2H3.